The van der Waals surface area contributed by atoms with Gasteiger partial charge in [-0.15, -0.1) is 6.58 Å². The average molecular weight is 203 g/mol. The van der Waals surface area contributed by atoms with Crippen LogP contribution in [0.15, 0.2) is 12.7 Å². The molecule has 0 heterocycles. The van der Waals surface area contributed by atoms with Crippen LogP contribution >= 0.6 is 11.8 Å². The summed E-state index contributed by atoms with van der Waals surface area (Å²) >= 11 is 1.48. The standard InChI is InChI=1S/C8H13NO3S/c1-2-3-4-13-5-7(8(11)12)9-6-10/h2,6-7H,1,3-5H2,(H,9,10)(H,11,12). The first-order valence-electron chi connectivity index (χ1n) is 3.83. The molecule has 0 aliphatic carbocycles. The summed E-state index contributed by atoms with van der Waals surface area (Å²) in [6, 6.07) is -0.785. The molecule has 0 aromatic rings. The number of carboxylic acid groups (broad SMARTS) is 1. The molecule has 0 radical (unpaired) electrons. The van der Waals surface area contributed by atoms with Crippen LogP contribution in [0.2, 0.25) is 0 Å². The summed E-state index contributed by atoms with van der Waals surface area (Å²) in [5.41, 5.74) is 0. The fraction of sp³-hybridized carbons (Fsp3) is 0.500. The van der Waals surface area contributed by atoms with Gasteiger partial charge in [-0.1, -0.05) is 6.08 Å². The van der Waals surface area contributed by atoms with E-state index in [1.807, 2.05) is 0 Å². The second kappa shape index (κ2) is 7.67. The number of thioether (sulfide) groups is 1. The molecule has 0 aromatic carbocycles. The molecular weight excluding hydrogens is 190 g/mol. The number of allylic oxidation sites excluding steroid dienone is 1. The molecule has 0 bridgehead atoms. The Morgan fingerprint density at radius 3 is 2.85 bits per heavy atom. The second-order valence-corrected chi connectivity index (χ2v) is 3.48. The Morgan fingerprint density at radius 2 is 2.38 bits per heavy atom. The van der Waals surface area contributed by atoms with Crippen molar-refractivity contribution in [3.05, 3.63) is 12.7 Å². The molecule has 2 N–H and O–H groups in total. The van der Waals surface area contributed by atoms with Crippen LogP contribution in [0, 0.1) is 0 Å². The van der Waals surface area contributed by atoms with E-state index in [0.29, 0.717) is 12.2 Å². The highest BCUT2D eigenvalue weighted by atomic mass is 32.2. The average Bonchev–Trinajstić information content (AvgIpc) is 2.10. The number of amides is 1. The zero-order chi connectivity index (χ0) is 10.1. The van der Waals surface area contributed by atoms with Gasteiger partial charge < -0.3 is 10.4 Å². The molecule has 0 aliphatic heterocycles. The van der Waals surface area contributed by atoms with Crippen LogP contribution < -0.4 is 5.32 Å². The van der Waals surface area contributed by atoms with Crippen LogP contribution in [0.5, 0.6) is 0 Å². The molecule has 0 saturated heterocycles. The van der Waals surface area contributed by atoms with Gasteiger partial charge in [0.05, 0.1) is 0 Å². The number of carboxylic acids is 1. The third kappa shape index (κ3) is 6.21. The Hall–Kier alpha value is -0.970. The summed E-state index contributed by atoms with van der Waals surface area (Å²) in [6.45, 7) is 3.55. The number of hydrogen-bond donors (Lipinski definition) is 2. The number of hydrogen-bond acceptors (Lipinski definition) is 3. The van der Waals surface area contributed by atoms with Crippen LogP contribution in [0.25, 0.3) is 0 Å². The van der Waals surface area contributed by atoms with E-state index in [0.717, 1.165) is 12.2 Å². The molecule has 0 rings (SSSR count). The van der Waals surface area contributed by atoms with Gasteiger partial charge in [0.1, 0.15) is 6.04 Å². The number of rotatable bonds is 8. The second-order valence-electron chi connectivity index (χ2n) is 2.33. The van der Waals surface area contributed by atoms with E-state index >= 15 is 0 Å². The van der Waals surface area contributed by atoms with Crippen molar-refractivity contribution in [3.8, 4) is 0 Å². The molecule has 0 saturated carbocycles. The SMILES string of the molecule is C=CCCSCC(NC=O)C(=O)O. The fourth-order valence-electron chi connectivity index (χ4n) is 0.641. The van der Waals surface area contributed by atoms with E-state index in [1.54, 1.807) is 6.08 Å². The minimum atomic E-state index is -1.00. The molecule has 0 aromatic heterocycles. The maximum atomic E-state index is 10.5. The molecular formula is C8H13NO3S. The lowest BCUT2D eigenvalue weighted by Crippen LogP contribution is -2.37. The Kier molecular flexibility index (Phi) is 7.10. The molecule has 1 amide bonds. The van der Waals surface area contributed by atoms with Gasteiger partial charge in [-0.2, -0.15) is 11.8 Å². The van der Waals surface area contributed by atoms with Gasteiger partial charge >= 0.3 is 5.97 Å². The first kappa shape index (κ1) is 12.0. The van der Waals surface area contributed by atoms with Crippen molar-refractivity contribution in [1.82, 2.24) is 5.32 Å². The monoisotopic (exact) mass is 203 g/mol. The van der Waals surface area contributed by atoms with E-state index in [4.69, 9.17) is 5.11 Å². The molecule has 0 spiro atoms. The highest BCUT2D eigenvalue weighted by Gasteiger charge is 2.15. The van der Waals surface area contributed by atoms with E-state index in [2.05, 4.69) is 11.9 Å². The lowest BCUT2D eigenvalue weighted by Gasteiger charge is -2.09. The van der Waals surface area contributed by atoms with Crippen molar-refractivity contribution < 1.29 is 14.7 Å². The van der Waals surface area contributed by atoms with Crippen LogP contribution in [-0.2, 0) is 9.59 Å². The van der Waals surface area contributed by atoms with Crippen LogP contribution in [0.4, 0.5) is 0 Å². The quantitative estimate of drug-likeness (QED) is 0.342. The predicted octanol–water partition coefficient (Wildman–Crippen LogP) is 0.495. The number of carbonyl (C=O) groups is 2. The van der Waals surface area contributed by atoms with Gasteiger partial charge in [0, 0.05) is 5.75 Å². The zero-order valence-electron chi connectivity index (χ0n) is 7.23. The van der Waals surface area contributed by atoms with Crippen molar-refractivity contribution >= 4 is 24.1 Å². The zero-order valence-corrected chi connectivity index (χ0v) is 8.05. The third-order valence-corrected chi connectivity index (χ3v) is 2.41. The Morgan fingerprint density at radius 1 is 1.69 bits per heavy atom. The van der Waals surface area contributed by atoms with E-state index in [9.17, 15) is 9.59 Å². The third-order valence-electron chi connectivity index (χ3n) is 1.32. The maximum absolute atomic E-state index is 10.5. The van der Waals surface area contributed by atoms with Crippen molar-refractivity contribution in [2.75, 3.05) is 11.5 Å². The molecule has 74 valence electrons. The summed E-state index contributed by atoms with van der Waals surface area (Å²) in [5.74, 6) is 0.216. The highest BCUT2D eigenvalue weighted by Crippen LogP contribution is 2.05. The van der Waals surface area contributed by atoms with Gasteiger partial charge in [0.2, 0.25) is 6.41 Å². The lowest BCUT2D eigenvalue weighted by atomic mass is 10.3. The summed E-state index contributed by atoms with van der Waals surface area (Å²) in [7, 11) is 0. The maximum Gasteiger partial charge on any atom is 0.327 e. The smallest absolute Gasteiger partial charge is 0.327 e. The molecule has 5 heteroatoms. The van der Waals surface area contributed by atoms with E-state index in [1.165, 1.54) is 11.8 Å². The van der Waals surface area contributed by atoms with Crippen LogP contribution in [-0.4, -0.2) is 35.0 Å². The Balaban J connectivity index is 3.62. The van der Waals surface area contributed by atoms with E-state index in [-0.39, 0.29) is 0 Å². The Bertz CT molecular complexity index is 184. The van der Waals surface area contributed by atoms with Gasteiger partial charge in [-0.05, 0) is 12.2 Å². The van der Waals surface area contributed by atoms with Crippen molar-refractivity contribution in [1.29, 1.82) is 0 Å². The van der Waals surface area contributed by atoms with Crippen molar-refractivity contribution in [3.63, 3.8) is 0 Å². The molecule has 0 aliphatic rings. The Labute approximate surface area is 81.4 Å². The highest BCUT2D eigenvalue weighted by molar-refractivity contribution is 7.99. The van der Waals surface area contributed by atoms with Crippen LogP contribution in [0.3, 0.4) is 0 Å². The molecule has 1 unspecified atom stereocenters. The summed E-state index contributed by atoms with van der Waals surface area (Å²) in [5, 5.41) is 10.8. The number of nitrogens with one attached hydrogen (secondary N) is 1. The van der Waals surface area contributed by atoms with Crippen molar-refractivity contribution in [2.45, 2.75) is 12.5 Å². The molecule has 13 heavy (non-hydrogen) atoms. The summed E-state index contributed by atoms with van der Waals surface area (Å²) < 4.78 is 0. The molecule has 0 fully saturated rings. The molecule has 1 atom stereocenters. The van der Waals surface area contributed by atoms with Crippen LogP contribution in [0.1, 0.15) is 6.42 Å². The summed E-state index contributed by atoms with van der Waals surface area (Å²) in [6.07, 6.45) is 3.03. The predicted molar refractivity (Wildman–Crippen MR) is 52.8 cm³/mol. The van der Waals surface area contributed by atoms with Gasteiger partial charge in [-0.3, -0.25) is 4.79 Å². The molecule has 4 nitrogen and oxygen atoms in total. The van der Waals surface area contributed by atoms with Gasteiger partial charge in [-0.25, -0.2) is 4.79 Å². The summed E-state index contributed by atoms with van der Waals surface area (Å²) in [4.78, 5) is 20.5. The normalized spacial score (nSPS) is 11.7. The first-order chi connectivity index (χ1) is 6.22. The van der Waals surface area contributed by atoms with Crippen molar-refractivity contribution in [2.24, 2.45) is 0 Å². The fourth-order valence-corrected chi connectivity index (χ4v) is 1.62. The lowest BCUT2D eigenvalue weighted by molar-refractivity contribution is -0.139. The first-order valence-corrected chi connectivity index (χ1v) is 4.99. The van der Waals surface area contributed by atoms with Gasteiger partial charge in [0.15, 0.2) is 0 Å². The minimum absolute atomic E-state index is 0.391. The van der Waals surface area contributed by atoms with Gasteiger partial charge in [0.25, 0.3) is 0 Å². The van der Waals surface area contributed by atoms with E-state index < -0.39 is 12.0 Å². The number of carbonyl (C=O) groups excluding carboxylic acids is 1. The topological polar surface area (TPSA) is 66.4 Å². The largest absolute Gasteiger partial charge is 0.480 e. The number of aliphatic carboxylic acids is 1. The minimum Gasteiger partial charge on any atom is -0.480 e.